The van der Waals surface area contributed by atoms with E-state index in [1.54, 1.807) is 32.4 Å². The number of carbonyl (C=O) groups excluding carboxylic acids is 1. The summed E-state index contributed by atoms with van der Waals surface area (Å²) in [6.07, 6.45) is 0.506. The molecule has 0 bridgehead atoms. The number of para-hydroxylation sites is 2. The number of ether oxygens (including phenoxy) is 3. The molecule has 34 heavy (non-hydrogen) atoms. The number of hydrogen-bond acceptors (Lipinski definition) is 7. The number of nitrogens with zero attached hydrogens (tertiary/aromatic N) is 1. The van der Waals surface area contributed by atoms with E-state index in [0.717, 1.165) is 17.0 Å². The first-order chi connectivity index (χ1) is 16.6. The molecule has 180 valence electrons. The maximum atomic E-state index is 12.3. The number of nitrogens with one attached hydrogen (secondary N) is 2. The summed E-state index contributed by atoms with van der Waals surface area (Å²) in [7, 11) is 3.16. The van der Waals surface area contributed by atoms with E-state index >= 15 is 0 Å². The molecule has 0 radical (unpaired) electrons. The predicted molar refractivity (Wildman–Crippen MR) is 126 cm³/mol. The van der Waals surface area contributed by atoms with Crippen LogP contribution in [-0.4, -0.2) is 55.4 Å². The highest BCUT2D eigenvalue weighted by Crippen LogP contribution is 2.27. The lowest BCUT2D eigenvalue weighted by Crippen LogP contribution is -2.47. The maximum Gasteiger partial charge on any atom is 0.319 e. The smallest absolute Gasteiger partial charge is 0.319 e. The minimum Gasteiger partial charge on any atom is -0.497 e. The van der Waals surface area contributed by atoms with Crippen LogP contribution in [0.15, 0.2) is 59.1 Å². The van der Waals surface area contributed by atoms with Crippen LogP contribution in [-0.2, 0) is 11.2 Å². The standard InChI is InChI=1S/C25H29N3O6/c1-31-18-9-7-16(8-10-18)23-14-17(28-34-23)13-19-11-12-21(29)24(33-19)15-26-25(30)27-20-5-3-4-6-22(20)32-2/h3-10,14,19,21,24,29H,11-13,15H2,1-2H3,(H2,26,27,30)/t19-,21-,24+/m0/s1. The summed E-state index contributed by atoms with van der Waals surface area (Å²) in [5.41, 5.74) is 2.24. The lowest BCUT2D eigenvalue weighted by molar-refractivity contribution is -0.113. The first-order valence-electron chi connectivity index (χ1n) is 11.2. The second-order valence-corrected chi connectivity index (χ2v) is 8.09. The quantitative estimate of drug-likeness (QED) is 0.463. The molecule has 1 saturated heterocycles. The van der Waals surface area contributed by atoms with Gasteiger partial charge >= 0.3 is 6.03 Å². The summed E-state index contributed by atoms with van der Waals surface area (Å²) in [6, 6.07) is 16.2. The van der Waals surface area contributed by atoms with E-state index in [-0.39, 0.29) is 12.6 Å². The third kappa shape index (κ3) is 5.86. The average Bonchev–Trinajstić information content (AvgIpc) is 3.33. The van der Waals surface area contributed by atoms with Gasteiger partial charge in [-0.3, -0.25) is 0 Å². The van der Waals surface area contributed by atoms with Crippen LogP contribution in [0.25, 0.3) is 11.3 Å². The van der Waals surface area contributed by atoms with E-state index < -0.39 is 18.2 Å². The average molecular weight is 468 g/mol. The Balaban J connectivity index is 1.30. The van der Waals surface area contributed by atoms with Gasteiger partial charge < -0.3 is 34.5 Å². The van der Waals surface area contributed by atoms with Gasteiger partial charge in [-0.25, -0.2) is 4.79 Å². The van der Waals surface area contributed by atoms with Crippen molar-refractivity contribution in [1.82, 2.24) is 10.5 Å². The lowest BCUT2D eigenvalue weighted by atomic mass is 9.98. The highest BCUT2D eigenvalue weighted by molar-refractivity contribution is 5.90. The van der Waals surface area contributed by atoms with E-state index in [2.05, 4.69) is 15.8 Å². The van der Waals surface area contributed by atoms with Crippen LogP contribution in [0.2, 0.25) is 0 Å². The largest absolute Gasteiger partial charge is 0.497 e. The Morgan fingerprint density at radius 2 is 1.91 bits per heavy atom. The number of rotatable bonds is 8. The lowest BCUT2D eigenvalue weighted by Gasteiger charge is -2.33. The van der Waals surface area contributed by atoms with Gasteiger partial charge in [-0.1, -0.05) is 17.3 Å². The van der Waals surface area contributed by atoms with Crippen molar-refractivity contribution in [3.63, 3.8) is 0 Å². The zero-order chi connectivity index (χ0) is 23.9. The van der Waals surface area contributed by atoms with E-state index in [4.69, 9.17) is 18.7 Å². The van der Waals surface area contributed by atoms with Crippen molar-refractivity contribution >= 4 is 11.7 Å². The third-order valence-electron chi connectivity index (χ3n) is 5.77. The van der Waals surface area contributed by atoms with Crippen molar-refractivity contribution in [2.75, 3.05) is 26.1 Å². The number of carbonyl (C=O) groups is 1. The minimum atomic E-state index is -0.657. The van der Waals surface area contributed by atoms with Gasteiger partial charge in [0.1, 0.15) is 17.6 Å². The number of amides is 2. The number of urea groups is 1. The molecule has 1 fully saturated rings. The molecule has 0 aliphatic carbocycles. The Labute approximate surface area is 198 Å². The molecule has 2 amide bonds. The van der Waals surface area contributed by atoms with E-state index in [1.807, 2.05) is 36.4 Å². The van der Waals surface area contributed by atoms with Gasteiger partial charge in [-0.15, -0.1) is 0 Å². The van der Waals surface area contributed by atoms with Crippen molar-refractivity contribution in [3.8, 4) is 22.8 Å². The molecule has 1 aromatic heterocycles. The number of anilines is 1. The van der Waals surface area contributed by atoms with Crippen LogP contribution in [0.5, 0.6) is 11.5 Å². The van der Waals surface area contributed by atoms with E-state index in [0.29, 0.717) is 36.5 Å². The van der Waals surface area contributed by atoms with E-state index in [9.17, 15) is 9.90 Å². The molecule has 0 unspecified atom stereocenters. The van der Waals surface area contributed by atoms with Gasteiger partial charge in [0.15, 0.2) is 5.76 Å². The Kier molecular flexibility index (Phi) is 7.66. The van der Waals surface area contributed by atoms with Crippen molar-refractivity contribution in [1.29, 1.82) is 0 Å². The Morgan fingerprint density at radius 3 is 2.68 bits per heavy atom. The number of aliphatic hydroxyl groups is 1. The fraction of sp³-hybridized carbons (Fsp3) is 0.360. The second kappa shape index (κ2) is 11.0. The normalized spacial score (nSPS) is 19.9. The summed E-state index contributed by atoms with van der Waals surface area (Å²) in [5, 5.41) is 20.1. The zero-order valence-electron chi connectivity index (χ0n) is 19.2. The molecule has 1 aliphatic rings. The Morgan fingerprint density at radius 1 is 1.12 bits per heavy atom. The van der Waals surface area contributed by atoms with Crippen LogP contribution in [0.1, 0.15) is 18.5 Å². The van der Waals surface area contributed by atoms with Crippen LogP contribution >= 0.6 is 0 Å². The fourth-order valence-corrected chi connectivity index (χ4v) is 3.92. The number of benzene rings is 2. The van der Waals surface area contributed by atoms with Crippen molar-refractivity contribution in [2.24, 2.45) is 0 Å². The van der Waals surface area contributed by atoms with Crippen LogP contribution < -0.4 is 20.1 Å². The predicted octanol–water partition coefficient (Wildman–Crippen LogP) is 3.63. The van der Waals surface area contributed by atoms with Crippen LogP contribution in [0, 0.1) is 0 Å². The van der Waals surface area contributed by atoms with Crippen LogP contribution in [0.3, 0.4) is 0 Å². The summed E-state index contributed by atoms with van der Waals surface area (Å²) in [4.78, 5) is 12.3. The summed E-state index contributed by atoms with van der Waals surface area (Å²) in [6.45, 7) is 0.175. The molecule has 3 atom stereocenters. The third-order valence-corrected chi connectivity index (χ3v) is 5.77. The highest BCUT2D eigenvalue weighted by Gasteiger charge is 2.31. The van der Waals surface area contributed by atoms with Gasteiger partial charge in [0.05, 0.1) is 37.8 Å². The molecule has 3 aromatic rings. The molecule has 9 heteroatoms. The maximum absolute atomic E-state index is 12.3. The summed E-state index contributed by atoms with van der Waals surface area (Å²) < 4.78 is 22.0. The molecule has 2 heterocycles. The summed E-state index contributed by atoms with van der Waals surface area (Å²) >= 11 is 0. The fourth-order valence-electron chi connectivity index (χ4n) is 3.92. The summed E-state index contributed by atoms with van der Waals surface area (Å²) in [5.74, 6) is 2.00. The molecule has 1 aliphatic heterocycles. The van der Waals surface area contributed by atoms with Gasteiger partial charge in [0.2, 0.25) is 0 Å². The second-order valence-electron chi connectivity index (χ2n) is 8.09. The SMILES string of the molecule is COc1ccc(-c2cc(C[C@@H]3CC[C@H](O)[C@@H](CNC(=O)Nc4ccccc4OC)O3)no2)cc1. The highest BCUT2D eigenvalue weighted by atomic mass is 16.5. The number of aliphatic hydroxyl groups excluding tert-OH is 1. The monoisotopic (exact) mass is 467 g/mol. The molecular weight excluding hydrogens is 438 g/mol. The molecule has 3 N–H and O–H groups in total. The van der Waals surface area contributed by atoms with E-state index in [1.165, 1.54) is 0 Å². The molecule has 9 nitrogen and oxygen atoms in total. The van der Waals surface area contributed by atoms with Crippen molar-refractivity contribution in [3.05, 3.63) is 60.3 Å². The molecule has 0 spiro atoms. The van der Waals surface area contributed by atoms with Gasteiger partial charge in [-0.05, 0) is 49.2 Å². The molecule has 0 saturated carbocycles. The molecule has 2 aromatic carbocycles. The van der Waals surface area contributed by atoms with Crippen molar-refractivity contribution < 1.29 is 28.6 Å². The minimum absolute atomic E-state index is 0.138. The van der Waals surface area contributed by atoms with Gasteiger partial charge in [0, 0.05) is 24.6 Å². The first kappa shape index (κ1) is 23.6. The first-order valence-corrected chi connectivity index (χ1v) is 11.2. The molecule has 4 rings (SSSR count). The van der Waals surface area contributed by atoms with Crippen LogP contribution in [0.4, 0.5) is 10.5 Å². The van der Waals surface area contributed by atoms with Gasteiger partial charge in [-0.2, -0.15) is 0 Å². The number of methoxy groups -OCH3 is 2. The number of aromatic nitrogens is 1. The van der Waals surface area contributed by atoms with Gasteiger partial charge in [0.25, 0.3) is 0 Å². The Hall–Kier alpha value is -3.56. The zero-order valence-corrected chi connectivity index (χ0v) is 19.2. The van der Waals surface area contributed by atoms with Crippen molar-refractivity contribution in [2.45, 2.75) is 37.6 Å². The topological polar surface area (TPSA) is 115 Å². The molecular formula is C25H29N3O6. The number of hydrogen-bond donors (Lipinski definition) is 3. The Bertz CT molecular complexity index is 1080.